The van der Waals surface area contributed by atoms with Gasteiger partial charge in [-0.05, 0) is 67.9 Å². The van der Waals surface area contributed by atoms with E-state index in [2.05, 4.69) is 10.0 Å². The molecule has 4 aromatic rings. The van der Waals surface area contributed by atoms with E-state index in [9.17, 15) is 8.42 Å². The van der Waals surface area contributed by atoms with Gasteiger partial charge in [0.05, 0.1) is 23.4 Å². The lowest BCUT2D eigenvalue weighted by Crippen LogP contribution is -2.14. The van der Waals surface area contributed by atoms with E-state index in [1.807, 2.05) is 38.1 Å². The topological polar surface area (TPSA) is 76.7 Å². The Bertz CT molecular complexity index is 1380. The van der Waals surface area contributed by atoms with Gasteiger partial charge in [-0.2, -0.15) is 0 Å². The van der Waals surface area contributed by atoms with Crippen molar-refractivity contribution in [3.8, 4) is 17.2 Å². The number of ether oxygens (including phenoxy) is 2. The van der Waals surface area contributed by atoms with Gasteiger partial charge in [-0.25, -0.2) is 8.42 Å². The van der Waals surface area contributed by atoms with E-state index in [1.165, 1.54) is 5.56 Å². The van der Waals surface area contributed by atoms with Crippen LogP contribution in [-0.2, 0) is 16.6 Å². The van der Waals surface area contributed by atoms with Crippen LogP contribution in [0, 0.1) is 13.8 Å². The van der Waals surface area contributed by atoms with Crippen LogP contribution >= 0.6 is 0 Å². The number of hydrogen-bond acceptors (Lipinski definition) is 5. The third kappa shape index (κ3) is 6.33. The smallest absolute Gasteiger partial charge is 0.261 e. The molecule has 0 aromatic heterocycles. The maximum Gasteiger partial charge on any atom is 0.261 e. The highest BCUT2D eigenvalue weighted by atomic mass is 32.2. The largest absolute Gasteiger partial charge is 0.497 e. The number of anilines is 2. The minimum atomic E-state index is -3.80. The summed E-state index contributed by atoms with van der Waals surface area (Å²) in [5.41, 5.74) is 4.29. The van der Waals surface area contributed by atoms with Crippen molar-refractivity contribution in [2.75, 3.05) is 17.1 Å². The second kappa shape index (κ2) is 10.5. The van der Waals surface area contributed by atoms with Crippen LogP contribution in [0.1, 0.15) is 16.7 Å². The standard InChI is InChI=1S/C28H28N2O4S/c1-20-4-8-22(9-5-20)19-29-27-17-14-25(34-24-12-10-23(33-3)11-13-24)18-28(27)30-35(31,32)26-15-6-21(2)7-16-26/h4-18,29-30H,19H2,1-3H3. The molecular formula is C28H28N2O4S. The first-order valence-electron chi connectivity index (χ1n) is 11.2. The summed E-state index contributed by atoms with van der Waals surface area (Å²) < 4.78 is 40.1. The summed E-state index contributed by atoms with van der Waals surface area (Å²) in [4.78, 5) is 0.189. The number of nitrogens with one attached hydrogen (secondary N) is 2. The van der Waals surface area contributed by atoms with E-state index in [-0.39, 0.29) is 4.90 Å². The number of sulfonamides is 1. The first-order chi connectivity index (χ1) is 16.8. The third-order valence-corrected chi connectivity index (χ3v) is 6.85. The average Bonchev–Trinajstić information content (AvgIpc) is 2.85. The molecule has 180 valence electrons. The number of benzene rings is 4. The molecule has 0 aliphatic rings. The molecule has 0 heterocycles. The van der Waals surface area contributed by atoms with E-state index in [1.54, 1.807) is 73.8 Å². The summed E-state index contributed by atoms with van der Waals surface area (Å²) >= 11 is 0. The van der Waals surface area contributed by atoms with Gasteiger partial charge in [-0.1, -0.05) is 47.5 Å². The zero-order chi connectivity index (χ0) is 24.8. The van der Waals surface area contributed by atoms with Gasteiger partial charge in [0.2, 0.25) is 0 Å². The summed E-state index contributed by atoms with van der Waals surface area (Å²) in [6.45, 7) is 4.49. The van der Waals surface area contributed by atoms with E-state index >= 15 is 0 Å². The zero-order valence-electron chi connectivity index (χ0n) is 19.9. The Balaban J connectivity index is 1.62. The quantitative estimate of drug-likeness (QED) is 0.281. The van der Waals surface area contributed by atoms with Crippen molar-refractivity contribution in [3.05, 3.63) is 108 Å². The van der Waals surface area contributed by atoms with Crippen LogP contribution in [0.5, 0.6) is 17.2 Å². The lowest BCUT2D eigenvalue weighted by Gasteiger charge is -2.16. The summed E-state index contributed by atoms with van der Waals surface area (Å²) in [5.74, 6) is 1.83. The van der Waals surface area contributed by atoms with Crippen LogP contribution in [-0.4, -0.2) is 15.5 Å². The molecule has 35 heavy (non-hydrogen) atoms. The predicted molar refractivity (Wildman–Crippen MR) is 140 cm³/mol. The van der Waals surface area contributed by atoms with Gasteiger partial charge in [0.25, 0.3) is 10.0 Å². The molecule has 0 radical (unpaired) electrons. The monoisotopic (exact) mass is 488 g/mol. The van der Waals surface area contributed by atoms with Crippen LogP contribution in [0.15, 0.2) is 95.9 Å². The molecule has 2 N–H and O–H groups in total. The second-order valence-corrected chi connectivity index (χ2v) is 9.93. The molecule has 0 aliphatic carbocycles. The Morgan fingerprint density at radius 3 is 1.89 bits per heavy atom. The molecule has 0 unspecified atom stereocenters. The highest BCUT2D eigenvalue weighted by Gasteiger charge is 2.17. The van der Waals surface area contributed by atoms with Crippen molar-refractivity contribution in [3.63, 3.8) is 0 Å². The van der Waals surface area contributed by atoms with Crippen LogP contribution in [0.25, 0.3) is 0 Å². The normalized spacial score (nSPS) is 11.1. The highest BCUT2D eigenvalue weighted by molar-refractivity contribution is 7.92. The minimum Gasteiger partial charge on any atom is -0.497 e. The summed E-state index contributed by atoms with van der Waals surface area (Å²) in [7, 11) is -2.20. The molecule has 0 spiro atoms. The first-order valence-corrected chi connectivity index (χ1v) is 12.7. The Morgan fingerprint density at radius 2 is 1.26 bits per heavy atom. The van der Waals surface area contributed by atoms with Crippen molar-refractivity contribution < 1.29 is 17.9 Å². The summed E-state index contributed by atoms with van der Waals surface area (Å²) in [5, 5.41) is 3.34. The van der Waals surface area contributed by atoms with Gasteiger partial charge in [-0.15, -0.1) is 0 Å². The fourth-order valence-corrected chi connectivity index (χ4v) is 4.50. The Kier molecular flexibility index (Phi) is 7.27. The third-order valence-electron chi connectivity index (χ3n) is 5.47. The molecule has 0 aliphatic heterocycles. The van der Waals surface area contributed by atoms with Crippen LogP contribution < -0.4 is 19.5 Å². The lowest BCUT2D eigenvalue weighted by atomic mass is 10.1. The lowest BCUT2D eigenvalue weighted by molar-refractivity contribution is 0.413. The summed E-state index contributed by atoms with van der Waals surface area (Å²) in [6, 6.07) is 27.4. The van der Waals surface area contributed by atoms with Crippen LogP contribution in [0.4, 0.5) is 11.4 Å². The highest BCUT2D eigenvalue weighted by Crippen LogP contribution is 2.32. The zero-order valence-corrected chi connectivity index (χ0v) is 20.7. The van der Waals surface area contributed by atoms with Crippen LogP contribution in [0.2, 0.25) is 0 Å². The van der Waals surface area contributed by atoms with E-state index < -0.39 is 10.0 Å². The molecule has 0 atom stereocenters. The van der Waals surface area contributed by atoms with Crippen molar-refractivity contribution in [2.45, 2.75) is 25.3 Å². The fraction of sp³-hybridized carbons (Fsp3) is 0.143. The van der Waals surface area contributed by atoms with Gasteiger partial charge < -0.3 is 14.8 Å². The predicted octanol–water partition coefficient (Wildman–Crippen LogP) is 6.52. The fourth-order valence-electron chi connectivity index (χ4n) is 3.43. The number of aryl methyl sites for hydroxylation is 2. The molecule has 0 amide bonds. The molecule has 0 bridgehead atoms. The van der Waals surface area contributed by atoms with Crippen molar-refractivity contribution >= 4 is 21.4 Å². The van der Waals surface area contributed by atoms with Gasteiger partial charge in [0.1, 0.15) is 17.2 Å². The molecule has 4 aromatic carbocycles. The van der Waals surface area contributed by atoms with Gasteiger partial charge >= 0.3 is 0 Å². The molecule has 0 saturated heterocycles. The summed E-state index contributed by atoms with van der Waals surface area (Å²) in [6.07, 6.45) is 0. The molecule has 0 saturated carbocycles. The van der Waals surface area contributed by atoms with Crippen LogP contribution in [0.3, 0.4) is 0 Å². The first kappa shape index (κ1) is 24.2. The van der Waals surface area contributed by atoms with Gasteiger partial charge in [0.15, 0.2) is 0 Å². The molecule has 7 heteroatoms. The maximum absolute atomic E-state index is 13.1. The molecular weight excluding hydrogens is 460 g/mol. The van der Waals surface area contributed by atoms with Gasteiger partial charge in [-0.3, -0.25) is 4.72 Å². The number of rotatable bonds is 9. The van der Waals surface area contributed by atoms with Crippen molar-refractivity contribution in [1.29, 1.82) is 0 Å². The Labute approximate surface area is 206 Å². The minimum absolute atomic E-state index is 0.189. The Morgan fingerprint density at radius 1 is 0.686 bits per heavy atom. The van der Waals surface area contributed by atoms with Crippen molar-refractivity contribution in [2.24, 2.45) is 0 Å². The molecule has 4 rings (SSSR count). The maximum atomic E-state index is 13.1. The molecule has 0 fully saturated rings. The average molecular weight is 489 g/mol. The number of hydrogen-bond donors (Lipinski definition) is 2. The van der Waals surface area contributed by atoms with E-state index in [4.69, 9.17) is 9.47 Å². The SMILES string of the molecule is COc1ccc(Oc2ccc(NCc3ccc(C)cc3)c(NS(=O)(=O)c3ccc(C)cc3)c2)cc1. The number of methoxy groups -OCH3 is 1. The second-order valence-electron chi connectivity index (χ2n) is 8.24. The van der Waals surface area contributed by atoms with Crippen molar-refractivity contribution in [1.82, 2.24) is 0 Å². The van der Waals surface area contributed by atoms with Gasteiger partial charge in [0, 0.05) is 12.6 Å². The molecule has 6 nitrogen and oxygen atoms in total. The van der Waals surface area contributed by atoms with E-state index in [0.717, 1.165) is 16.9 Å². The van der Waals surface area contributed by atoms with E-state index in [0.29, 0.717) is 29.4 Å². The Hall–Kier alpha value is -3.97.